The second kappa shape index (κ2) is 4.56. The molecule has 0 unspecified atom stereocenters. The molecule has 0 heterocycles. The number of carbonyl (C=O) groups is 1. The maximum Gasteiger partial charge on any atom is 0.330 e. The van der Waals surface area contributed by atoms with Crippen molar-refractivity contribution in [1.29, 1.82) is 0 Å². The summed E-state index contributed by atoms with van der Waals surface area (Å²) in [5.41, 5.74) is 2.60. The molecule has 0 spiro atoms. The van der Waals surface area contributed by atoms with Gasteiger partial charge in [0.15, 0.2) is 0 Å². The number of aryl methyl sites for hydroxylation is 1. The third kappa shape index (κ3) is 2.54. The maximum absolute atomic E-state index is 11.5. The van der Waals surface area contributed by atoms with Crippen LogP contribution in [0.2, 0.25) is 0 Å². The first kappa shape index (κ1) is 12.6. The predicted molar refractivity (Wildman–Crippen MR) is 65.6 cm³/mol. The molecule has 0 aliphatic rings. The number of hydrogen-bond acceptors (Lipinski definition) is 3. The Labute approximate surface area is 96.8 Å². The Morgan fingerprint density at radius 3 is 2.50 bits per heavy atom. The van der Waals surface area contributed by atoms with Crippen LogP contribution in [0.5, 0.6) is 0 Å². The molecule has 3 nitrogen and oxygen atoms in total. The molecular formula is C13H19NO2. The van der Waals surface area contributed by atoms with Gasteiger partial charge < -0.3 is 10.1 Å². The summed E-state index contributed by atoms with van der Waals surface area (Å²) in [5.74, 6) is -0.270. The van der Waals surface area contributed by atoms with Gasteiger partial charge in [0.25, 0.3) is 0 Å². The van der Waals surface area contributed by atoms with Crippen LogP contribution >= 0.6 is 0 Å². The van der Waals surface area contributed by atoms with Crippen LogP contribution in [0.4, 0.5) is 5.69 Å². The first-order valence-electron chi connectivity index (χ1n) is 5.31. The molecule has 0 aromatic heterocycles. The summed E-state index contributed by atoms with van der Waals surface area (Å²) < 4.78 is 4.76. The zero-order valence-corrected chi connectivity index (χ0v) is 10.5. The molecule has 0 saturated heterocycles. The van der Waals surface area contributed by atoms with Crippen LogP contribution in [0.25, 0.3) is 0 Å². The van der Waals surface area contributed by atoms with Crippen molar-refractivity contribution in [2.45, 2.75) is 33.2 Å². The van der Waals surface area contributed by atoms with Crippen LogP contribution in [0.15, 0.2) is 18.2 Å². The summed E-state index contributed by atoms with van der Waals surface area (Å²) in [7, 11) is 1.40. The van der Waals surface area contributed by atoms with Crippen molar-refractivity contribution in [2.75, 3.05) is 12.4 Å². The molecule has 0 aliphatic heterocycles. The van der Waals surface area contributed by atoms with Crippen LogP contribution in [0.1, 0.15) is 25.0 Å². The quantitative estimate of drug-likeness (QED) is 0.797. The highest BCUT2D eigenvalue weighted by molar-refractivity contribution is 5.83. The number of anilines is 1. The lowest BCUT2D eigenvalue weighted by Gasteiger charge is -2.25. The summed E-state index contributed by atoms with van der Waals surface area (Å²) in [5, 5.41) is 3.20. The molecule has 0 saturated carbocycles. The van der Waals surface area contributed by atoms with Crippen LogP contribution in [-0.4, -0.2) is 18.6 Å². The van der Waals surface area contributed by atoms with Crippen molar-refractivity contribution in [3.05, 3.63) is 29.3 Å². The number of rotatable bonds is 3. The molecule has 0 radical (unpaired) electrons. The minimum Gasteiger partial charge on any atom is -0.467 e. The van der Waals surface area contributed by atoms with Gasteiger partial charge in [-0.25, -0.2) is 4.79 Å². The molecule has 1 aromatic rings. The van der Waals surface area contributed by atoms with Gasteiger partial charge in [-0.15, -0.1) is 0 Å². The Kier molecular flexibility index (Phi) is 3.58. The van der Waals surface area contributed by atoms with E-state index in [-0.39, 0.29) is 5.97 Å². The molecule has 1 N–H and O–H groups in total. The second-order valence-corrected chi connectivity index (χ2v) is 4.49. The average Bonchev–Trinajstić information content (AvgIpc) is 2.23. The topological polar surface area (TPSA) is 38.3 Å². The lowest BCUT2D eigenvalue weighted by atomic mass is 10.0. The van der Waals surface area contributed by atoms with Crippen LogP contribution in [0, 0.1) is 13.8 Å². The van der Waals surface area contributed by atoms with Gasteiger partial charge in [-0.3, -0.25) is 0 Å². The average molecular weight is 221 g/mol. The van der Waals surface area contributed by atoms with E-state index in [9.17, 15) is 4.79 Å². The van der Waals surface area contributed by atoms with Gasteiger partial charge in [0.05, 0.1) is 7.11 Å². The van der Waals surface area contributed by atoms with Gasteiger partial charge in [-0.2, -0.15) is 0 Å². The van der Waals surface area contributed by atoms with Gasteiger partial charge in [0.1, 0.15) is 5.54 Å². The molecule has 3 heteroatoms. The number of ether oxygens (including phenoxy) is 1. The third-order valence-corrected chi connectivity index (χ3v) is 2.75. The third-order valence-electron chi connectivity index (χ3n) is 2.75. The summed E-state index contributed by atoms with van der Waals surface area (Å²) >= 11 is 0. The monoisotopic (exact) mass is 221 g/mol. The Hall–Kier alpha value is -1.51. The van der Waals surface area contributed by atoms with E-state index in [0.717, 1.165) is 11.3 Å². The molecule has 88 valence electrons. The van der Waals surface area contributed by atoms with E-state index in [2.05, 4.69) is 5.32 Å². The normalized spacial score (nSPS) is 11.1. The van der Waals surface area contributed by atoms with E-state index in [4.69, 9.17) is 4.74 Å². The predicted octanol–water partition coefficient (Wildman–Crippen LogP) is 2.67. The fraction of sp³-hybridized carbons (Fsp3) is 0.462. The molecule has 1 aromatic carbocycles. The first-order chi connectivity index (χ1) is 7.38. The zero-order valence-electron chi connectivity index (χ0n) is 10.5. The van der Waals surface area contributed by atoms with Crippen molar-refractivity contribution < 1.29 is 9.53 Å². The van der Waals surface area contributed by atoms with Gasteiger partial charge in [0, 0.05) is 5.69 Å². The number of hydrogen-bond donors (Lipinski definition) is 1. The Morgan fingerprint density at radius 1 is 1.31 bits per heavy atom. The first-order valence-corrected chi connectivity index (χ1v) is 5.31. The van der Waals surface area contributed by atoms with Crippen molar-refractivity contribution in [1.82, 2.24) is 0 Å². The summed E-state index contributed by atoms with van der Waals surface area (Å²) in [6.45, 7) is 7.69. The molecule has 0 bridgehead atoms. The molecule has 1 rings (SSSR count). The number of methoxy groups -OCH3 is 1. The lowest BCUT2D eigenvalue weighted by Crippen LogP contribution is -2.41. The summed E-state index contributed by atoms with van der Waals surface area (Å²) in [6, 6.07) is 5.98. The van der Waals surface area contributed by atoms with Gasteiger partial charge >= 0.3 is 5.97 Å². The standard InChI is InChI=1S/C13H19NO2/c1-9-7-6-8-11(10(9)2)14-13(3,4)12(15)16-5/h6-8,14H,1-5H3. The van der Waals surface area contributed by atoms with Crippen molar-refractivity contribution in [3.63, 3.8) is 0 Å². The zero-order chi connectivity index (χ0) is 12.3. The highest BCUT2D eigenvalue weighted by Crippen LogP contribution is 2.22. The Balaban J connectivity index is 2.96. The minimum absolute atomic E-state index is 0.270. The van der Waals surface area contributed by atoms with E-state index in [0.29, 0.717) is 0 Å². The molecule has 16 heavy (non-hydrogen) atoms. The number of nitrogens with one attached hydrogen (secondary N) is 1. The molecule has 0 aliphatic carbocycles. The largest absolute Gasteiger partial charge is 0.467 e. The SMILES string of the molecule is COC(=O)C(C)(C)Nc1cccc(C)c1C. The summed E-state index contributed by atoms with van der Waals surface area (Å²) in [6.07, 6.45) is 0. The van der Waals surface area contributed by atoms with Crippen LogP contribution in [0.3, 0.4) is 0 Å². The van der Waals surface area contributed by atoms with E-state index >= 15 is 0 Å². The number of benzene rings is 1. The van der Waals surface area contributed by atoms with Crippen molar-refractivity contribution >= 4 is 11.7 Å². The van der Waals surface area contributed by atoms with Crippen molar-refractivity contribution in [3.8, 4) is 0 Å². The van der Waals surface area contributed by atoms with Gasteiger partial charge in [-0.1, -0.05) is 12.1 Å². The van der Waals surface area contributed by atoms with E-state index < -0.39 is 5.54 Å². The molecule has 0 fully saturated rings. The van der Waals surface area contributed by atoms with E-state index in [1.807, 2.05) is 32.0 Å². The number of carbonyl (C=O) groups excluding carboxylic acids is 1. The van der Waals surface area contributed by atoms with Crippen LogP contribution < -0.4 is 5.32 Å². The van der Waals surface area contributed by atoms with Gasteiger partial charge in [-0.05, 0) is 44.9 Å². The highest BCUT2D eigenvalue weighted by Gasteiger charge is 2.28. The lowest BCUT2D eigenvalue weighted by molar-refractivity contribution is -0.144. The fourth-order valence-electron chi connectivity index (χ4n) is 1.53. The van der Waals surface area contributed by atoms with E-state index in [1.165, 1.54) is 12.7 Å². The number of esters is 1. The molecule has 0 amide bonds. The Bertz CT molecular complexity index is 397. The minimum atomic E-state index is -0.715. The van der Waals surface area contributed by atoms with Crippen LogP contribution in [-0.2, 0) is 9.53 Å². The van der Waals surface area contributed by atoms with Gasteiger partial charge in [0.2, 0.25) is 0 Å². The smallest absolute Gasteiger partial charge is 0.330 e. The fourth-order valence-corrected chi connectivity index (χ4v) is 1.53. The van der Waals surface area contributed by atoms with E-state index in [1.54, 1.807) is 13.8 Å². The summed E-state index contributed by atoms with van der Waals surface area (Å²) in [4.78, 5) is 11.5. The Morgan fingerprint density at radius 2 is 1.94 bits per heavy atom. The maximum atomic E-state index is 11.5. The molecule has 0 atom stereocenters. The second-order valence-electron chi connectivity index (χ2n) is 4.49. The van der Waals surface area contributed by atoms with Crippen molar-refractivity contribution in [2.24, 2.45) is 0 Å². The highest BCUT2D eigenvalue weighted by atomic mass is 16.5. The molecular weight excluding hydrogens is 202 g/mol.